The summed E-state index contributed by atoms with van der Waals surface area (Å²) in [5.41, 5.74) is 0.977. The summed E-state index contributed by atoms with van der Waals surface area (Å²) in [5, 5.41) is 0. The molecule has 0 saturated heterocycles. The van der Waals surface area contributed by atoms with E-state index >= 15 is 0 Å². The van der Waals surface area contributed by atoms with E-state index in [4.69, 9.17) is 9.47 Å². The Morgan fingerprint density at radius 3 is 3.07 bits per heavy atom. The molecule has 2 aliphatic heterocycles. The molecule has 2 heterocycles. The lowest BCUT2D eigenvalue weighted by Crippen LogP contribution is -2.33. The second kappa shape index (κ2) is 2.70. The Labute approximate surface area is 87.3 Å². The number of hydrogen-bond acceptors (Lipinski definition) is 3. The van der Waals surface area contributed by atoms with Gasteiger partial charge in [0, 0.05) is 5.56 Å². The highest BCUT2D eigenvalue weighted by atomic mass is 16.6. The predicted molar refractivity (Wildman–Crippen MR) is 53.1 cm³/mol. The molecular formula is C12H10O3. The van der Waals surface area contributed by atoms with Gasteiger partial charge < -0.3 is 9.47 Å². The average Bonchev–Trinajstić information content (AvgIpc) is 2.86. The van der Waals surface area contributed by atoms with Gasteiger partial charge in [0.2, 0.25) is 5.60 Å². The zero-order valence-corrected chi connectivity index (χ0v) is 8.27. The minimum atomic E-state index is -0.990. The predicted octanol–water partition coefficient (Wildman–Crippen LogP) is 1.70. The number of carbonyl (C=O) groups is 1. The summed E-state index contributed by atoms with van der Waals surface area (Å²) in [6, 6.07) is 7.74. The maximum atomic E-state index is 11.8. The standard InChI is InChI=1S/C12H10O3/c1-14-11(13)12-7-6-10(15-12)8-4-2-3-5-9(8)12/h2-7,10H,1H3/t10-,12-/m0/s1. The molecule has 0 unspecified atom stereocenters. The molecule has 0 saturated carbocycles. The van der Waals surface area contributed by atoms with Crippen molar-refractivity contribution >= 4 is 5.97 Å². The summed E-state index contributed by atoms with van der Waals surface area (Å²) in [6.07, 6.45) is 3.59. The van der Waals surface area contributed by atoms with Crippen molar-refractivity contribution in [2.75, 3.05) is 7.11 Å². The van der Waals surface area contributed by atoms with Gasteiger partial charge in [-0.25, -0.2) is 4.79 Å². The molecule has 1 aromatic carbocycles. The van der Waals surface area contributed by atoms with E-state index in [-0.39, 0.29) is 12.1 Å². The highest BCUT2D eigenvalue weighted by molar-refractivity contribution is 5.86. The summed E-state index contributed by atoms with van der Waals surface area (Å²) < 4.78 is 10.5. The van der Waals surface area contributed by atoms with E-state index in [1.54, 1.807) is 6.08 Å². The van der Waals surface area contributed by atoms with E-state index < -0.39 is 5.60 Å². The molecule has 3 nitrogen and oxygen atoms in total. The highest BCUT2D eigenvalue weighted by Crippen LogP contribution is 2.50. The molecule has 3 heteroatoms. The monoisotopic (exact) mass is 202 g/mol. The van der Waals surface area contributed by atoms with Crippen molar-refractivity contribution in [2.24, 2.45) is 0 Å². The van der Waals surface area contributed by atoms with Crippen LogP contribution in [0.1, 0.15) is 17.2 Å². The van der Waals surface area contributed by atoms with E-state index in [0.29, 0.717) is 0 Å². The lowest BCUT2D eigenvalue weighted by atomic mass is 9.87. The fraction of sp³-hybridized carbons (Fsp3) is 0.250. The molecule has 0 fully saturated rings. The van der Waals surface area contributed by atoms with Gasteiger partial charge in [0.15, 0.2) is 0 Å². The van der Waals surface area contributed by atoms with Crippen LogP contribution in [0, 0.1) is 0 Å². The van der Waals surface area contributed by atoms with Crippen LogP contribution in [0.15, 0.2) is 36.4 Å². The molecular weight excluding hydrogens is 192 g/mol. The van der Waals surface area contributed by atoms with E-state index in [1.807, 2.05) is 30.3 Å². The summed E-state index contributed by atoms with van der Waals surface area (Å²) in [7, 11) is 1.38. The van der Waals surface area contributed by atoms with E-state index in [1.165, 1.54) is 7.11 Å². The second-order valence-electron chi connectivity index (χ2n) is 3.71. The van der Waals surface area contributed by atoms with Crippen LogP contribution in [-0.4, -0.2) is 13.1 Å². The molecule has 2 atom stereocenters. The minimum Gasteiger partial charge on any atom is -0.466 e. The fourth-order valence-electron chi connectivity index (χ4n) is 2.28. The normalized spacial score (nSPS) is 30.3. The van der Waals surface area contributed by atoms with Crippen LogP contribution in [0.4, 0.5) is 0 Å². The summed E-state index contributed by atoms with van der Waals surface area (Å²) in [4.78, 5) is 11.8. The molecule has 0 spiro atoms. The molecule has 2 aliphatic rings. The average molecular weight is 202 g/mol. The highest BCUT2D eigenvalue weighted by Gasteiger charge is 2.52. The first-order chi connectivity index (χ1) is 7.28. The molecule has 0 aromatic heterocycles. The zero-order chi connectivity index (χ0) is 10.5. The van der Waals surface area contributed by atoms with Gasteiger partial charge in [-0.2, -0.15) is 0 Å². The van der Waals surface area contributed by atoms with Crippen LogP contribution in [0.25, 0.3) is 0 Å². The number of esters is 1. The van der Waals surface area contributed by atoms with Crippen LogP contribution in [0.5, 0.6) is 0 Å². The number of methoxy groups -OCH3 is 1. The number of hydrogen-bond donors (Lipinski definition) is 0. The molecule has 0 amide bonds. The van der Waals surface area contributed by atoms with Crippen molar-refractivity contribution in [1.29, 1.82) is 0 Å². The Bertz CT molecular complexity index is 464. The number of fused-ring (bicyclic) bond motifs is 5. The molecule has 0 N–H and O–H groups in total. The van der Waals surface area contributed by atoms with Crippen molar-refractivity contribution < 1.29 is 14.3 Å². The summed E-state index contributed by atoms with van der Waals surface area (Å²) in [5.74, 6) is -0.355. The fourth-order valence-corrected chi connectivity index (χ4v) is 2.28. The third kappa shape index (κ3) is 0.908. The van der Waals surface area contributed by atoms with Crippen LogP contribution in [-0.2, 0) is 19.9 Å². The van der Waals surface area contributed by atoms with Crippen LogP contribution in [0.2, 0.25) is 0 Å². The first-order valence-electron chi connectivity index (χ1n) is 4.83. The molecule has 3 rings (SSSR count). The first-order valence-corrected chi connectivity index (χ1v) is 4.83. The van der Waals surface area contributed by atoms with Gasteiger partial charge in [0.25, 0.3) is 0 Å². The lowest BCUT2D eigenvalue weighted by Gasteiger charge is -2.20. The molecule has 76 valence electrons. The van der Waals surface area contributed by atoms with Gasteiger partial charge in [-0.05, 0) is 11.6 Å². The summed E-state index contributed by atoms with van der Waals surface area (Å²) in [6.45, 7) is 0. The number of carbonyl (C=O) groups excluding carboxylic acids is 1. The minimum absolute atomic E-state index is 0.0969. The largest absolute Gasteiger partial charge is 0.466 e. The quantitative estimate of drug-likeness (QED) is 0.513. The van der Waals surface area contributed by atoms with Gasteiger partial charge in [0.1, 0.15) is 6.10 Å². The second-order valence-corrected chi connectivity index (χ2v) is 3.71. The van der Waals surface area contributed by atoms with Crippen molar-refractivity contribution in [3.05, 3.63) is 47.5 Å². The SMILES string of the molecule is COC(=O)[C@@]12C=C[C@H](O1)c1ccccc12. The lowest BCUT2D eigenvalue weighted by molar-refractivity contribution is -0.162. The van der Waals surface area contributed by atoms with E-state index in [0.717, 1.165) is 11.1 Å². The maximum absolute atomic E-state index is 11.8. The van der Waals surface area contributed by atoms with Gasteiger partial charge in [-0.1, -0.05) is 30.3 Å². The van der Waals surface area contributed by atoms with Crippen molar-refractivity contribution in [1.82, 2.24) is 0 Å². The smallest absolute Gasteiger partial charge is 0.347 e. The van der Waals surface area contributed by atoms with Gasteiger partial charge in [-0.3, -0.25) is 0 Å². The van der Waals surface area contributed by atoms with Gasteiger partial charge >= 0.3 is 5.97 Å². The van der Waals surface area contributed by atoms with Gasteiger partial charge in [-0.15, -0.1) is 0 Å². The number of rotatable bonds is 1. The molecule has 2 bridgehead atoms. The molecule has 0 radical (unpaired) electrons. The van der Waals surface area contributed by atoms with Gasteiger partial charge in [0.05, 0.1) is 7.11 Å². The summed E-state index contributed by atoms with van der Waals surface area (Å²) >= 11 is 0. The third-order valence-electron chi connectivity index (χ3n) is 2.97. The van der Waals surface area contributed by atoms with Crippen molar-refractivity contribution in [3.63, 3.8) is 0 Å². The Hall–Kier alpha value is -1.61. The third-order valence-corrected chi connectivity index (χ3v) is 2.97. The first kappa shape index (κ1) is 8.68. The molecule has 0 aliphatic carbocycles. The Kier molecular flexibility index (Phi) is 1.56. The Morgan fingerprint density at radius 2 is 2.27 bits per heavy atom. The zero-order valence-electron chi connectivity index (χ0n) is 8.27. The van der Waals surface area contributed by atoms with Crippen LogP contribution < -0.4 is 0 Å². The van der Waals surface area contributed by atoms with Crippen LogP contribution in [0.3, 0.4) is 0 Å². The number of ether oxygens (including phenoxy) is 2. The Balaban J connectivity index is 2.20. The topological polar surface area (TPSA) is 35.5 Å². The molecule has 1 aromatic rings. The Morgan fingerprint density at radius 1 is 1.47 bits per heavy atom. The number of benzene rings is 1. The van der Waals surface area contributed by atoms with E-state index in [2.05, 4.69) is 0 Å². The van der Waals surface area contributed by atoms with E-state index in [9.17, 15) is 4.79 Å². The maximum Gasteiger partial charge on any atom is 0.347 e. The molecule has 15 heavy (non-hydrogen) atoms. The van der Waals surface area contributed by atoms with Crippen LogP contribution >= 0.6 is 0 Å². The van der Waals surface area contributed by atoms with Crippen molar-refractivity contribution in [2.45, 2.75) is 11.7 Å². The van der Waals surface area contributed by atoms with Crippen molar-refractivity contribution in [3.8, 4) is 0 Å².